The largest absolute Gasteiger partial charge is 0.497 e. The summed E-state index contributed by atoms with van der Waals surface area (Å²) in [5, 5.41) is 3.46. The van der Waals surface area contributed by atoms with E-state index in [0.717, 1.165) is 12.3 Å². The van der Waals surface area contributed by atoms with Crippen molar-refractivity contribution < 1.29 is 14.2 Å². The smallest absolute Gasteiger partial charge is 0.118 e. The topological polar surface area (TPSA) is 39.7 Å². The minimum absolute atomic E-state index is 0.0866. The number of likely N-dealkylation sites (N-methyl/N-ethyl adjacent to an activating group) is 1. The summed E-state index contributed by atoms with van der Waals surface area (Å²) in [6, 6.07) is 8.26. The first-order valence-electron chi connectivity index (χ1n) is 6.70. The monoisotopic (exact) mass is 267 g/mol. The normalized spacial score (nSPS) is 14.1. The van der Waals surface area contributed by atoms with E-state index in [-0.39, 0.29) is 12.1 Å². The highest BCUT2D eigenvalue weighted by molar-refractivity contribution is 5.29. The lowest BCUT2D eigenvalue weighted by atomic mass is 10.0. The Morgan fingerprint density at radius 1 is 1.11 bits per heavy atom. The van der Waals surface area contributed by atoms with Crippen LogP contribution in [0.5, 0.6) is 5.75 Å². The zero-order chi connectivity index (χ0) is 14.1. The third kappa shape index (κ3) is 5.19. The molecule has 1 N–H and O–H groups in total. The van der Waals surface area contributed by atoms with Gasteiger partial charge in [0.15, 0.2) is 0 Å². The summed E-state index contributed by atoms with van der Waals surface area (Å²) in [5.74, 6) is 0.868. The molecule has 2 atom stereocenters. The van der Waals surface area contributed by atoms with Crippen LogP contribution in [-0.4, -0.2) is 40.1 Å². The molecule has 0 heterocycles. The average Bonchev–Trinajstić information content (AvgIpc) is 2.45. The van der Waals surface area contributed by atoms with Crippen LogP contribution in [0.2, 0.25) is 0 Å². The molecule has 0 saturated heterocycles. The molecule has 0 aliphatic rings. The van der Waals surface area contributed by atoms with Crippen LogP contribution in [0.25, 0.3) is 0 Å². The van der Waals surface area contributed by atoms with E-state index in [1.165, 1.54) is 5.56 Å². The molecule has 19 heavy (non-hydrogen) atoms. The van der Waals surface area contributed by atoms with Gasteiger partial charge >= 0.3 is 0 Å². The maximum absolute atomic E-state index is 5.79. The number of benzene rings is 1. The van der Waals surface area contributed by atoms with Crippen molar-refractivity contribution in [3.63, 3.8) is 0 Å². The van der Waals surface area contributed by atoms with Gasteiger partial charge in [0, 0.05) is 7.11 Å². The van der Waals surface area contributed by atoms with Crippen LogP contribution < -0.4 is 10.1 Å². The Morgan fingerprint density at radius 3 is 2.32 bits per heavy atom. The van der Waals surface area contributed by atoms with Crippen molar-refractivity contribution >= 4 is 0 Å². The van der Waals surface area contributed by atoms with Gasteiger partial charge in [0.25, 0.3) is 0 Å². The summed E-state index contributed by atoms with van der Waals surface area (Å²) in [7, 11) is 3.35. The first-order chi connectivity index (χ1) is 9.22. The van der Waals surface area contributed by atoms with Crippen molar-refractivity contribution in [3.05, 3.63) is 29.8 Å². The molecule has 108 valence electrons. The van der Waals surface area contributed by atoms with Crippen LogP contribution in [-0.2, 0) is 9.47 Å². The van der Waals surface area contributed by atoms with Crippen molar-refractivity contribution in [3.8, 4) is 5.75 Å². The summed E-state index contributed by atoms with van der Waals surface area (Å²) < 4.78 is 16.0. The number of methoxy groups -OCH3 is 2. The van der Waals surface area contributed by atoms with E-state index in [1.54, 1.807) is 14.2 Å². The van der Waals surface area contributed by atoms with Crippen LogP contribution in [0.3, 0.4) is 0 Å². The molecule has 0 amide bonds. The lowest BCUT2D eigenvalue weighted by Crippen LogP contribution is -2.32. The van der Waals surface area contributed by atoms with Crippen LogP contribution in [0.1, 0.15) is 25.5 Å². The minimum atomic E-state index is 0.0866. The fourth-order valence-corrected chi connectivity index (χ4v) is 2.00. The zero-order valence-electron chi connectivity index (χ0n) is 12.3. The Labute approximate surface area is 116 Å². The van der Waals surface area contributed by atoms with Gasteiger partial charge in [-0.15, -0.1) is 0 Å². The van der Waals surface area contributed by atoms with Crippen LogP contribution in [0, 0.1) is 0 Å². The number of nitrogens with one attached hydrogen (secondary N) is 1. The quantitative estimate of drug-likeness (QED) is 0.697. The summed E-state index contributed by atoms with van der Waals surface area (Å²) in [6.45, 7) is 6.29. The summed E-state index contributed by atoms with van der Waals surface area (Å²) in [4.78, 5) is 0. The van der Waals surface area contributed by atoms with Gasteiger partial charge in [-0.05, 0) is 31.2 Å². The Bertz CT molecular complexity index is 340. The molecule has 0 aliphatic heterocycles. The second kappa shape index (κ2) is 8.91. The van der Waals surface area contributed by atoms with Gasteiger partial charge in [0.2, 0.25) is 0 Å². The molecule has 0 radical (unpaired) electrons. The van der Waals surface area contributed by atoms with E-state index in [9.17, 15) is 0 Å². The predicted molar refractivity (Wildman–Crippen MR) is 76.7 cm³/mol. The van der Waals surface area contributed by atoms with Crippen molar-refractivity contribution in [2.75, 3.05) is 34.0 Å². The third-order valence-corrected chi connectivity index (χ3v) is 3.04. The standard InChI is InChI=1S/C15H25NO3/c1-5-16-15(12(2)19-11-10-17-3)13-6-8-14(18-4)9-7-13/h6-9,12,15-16H,5,10-11H2,1-4H3. The fourth-order valence-electron chi connectivity index (χ4n) is 2.00. The first kappa shape index (κ1) is 16.0. The maximum Gasteiger partial charge on any atom is 0.118 e. The number of hydrogen-bond donors (Lipinski definition) is 1. The van der Waals surface area contributed by atoms with Gasteiger partial charge in [-0.1, -0.05) is 19.1 Å². The van der Waals surface area contributed by atoms with E-state index < -0.39 is 0 Å². The van der Waals surface area contributed by atoms with E-state index >= 15 is 0 Å². The molecule has 0 bridgehead atoms. The molecule has 2 unspecified atom stereocenters. The molecule has 1 rings (SSSR count). The van der Waals surface area contributed by atoms with Crippen LogP contribution in [0.15, 0.2) is 24.3 Å². The Balaban J connectivity index is 2.68. The molecular weight excluding hydrogens is 242 g/mol. The van der Waals surface area contributed by atoms with Crippen molar-refractivity contribution in [1.82, 2.24) is 5.32 Å². The van der Waals surface area contributed by atoms with Crippen LogP contribution in [0.4, 0.5) is 0 Å². The molecule has 4 heteroatoms. The van der Waals surface area contributed by atoms with Gasteiger partial charge < -0.3 is 19.5 Å². The Kier molecular flexibility index (Phi) is 7.48. The second-order valence-electron chi connectivity index (χ2n) is 4.38. The molecule has 4 nitrogen and oxygen atoms in total. The van der Waals surface area contributed by atoms with Crippen molar-refractivity contribution in [2.45, 2.75) is 26.0 Å². The molecule has 1 aromatic rings. The number of hydrogen-bond acceptors (Lipinski definition) is 4. The van der Waals surface area contributed by atoms with Crippen molar-refractivity contribution in [1.29, 1.82) is 0 Å². The maximum atomic E-state index is 5.79. The van der Waals surface area contributed by atoms with Crippen LogP contribution >= 0.6 is 0 Å². The first-order valence-corrected chi connectivity index (χ1v) is 6.70. The van der Waals surface area contributed by atoms with E-state index in [1.807, 2.05) is 12.1 Å². The van der Waals surface area contributed by atoms with Gasteiger partial charge in [-0.2, -0.15) is 0 Å². The highest BCUT2D eigenvalue weighted by Gasteiger charge is 2.18. The Hall–Kier alpha value is -1.10. The van der Waals surface area contributed by atoms with E-state index in [2.05, 4.69) is 31.3 Å². The lowest BCUT2D eigenvalue weighted by Gasteiger charge is -2.25. The van der Waals surface area contributed by atoms with Gasteiger partial charge in [0.1, 0.15) is 5.75 Å². The third-order valence-electron chi connectivity index (χ3n) is 3.04. The van der Waals surface area contributed by atoms with E-state index in [0.29, 0.717) is 13.2 Å². The lowest BCUT2D eigenvalue weighted by molar-refractivity contribution is 0.00755. The SMILES string of the molecule is CCNC(c1ccc(OC)cc1)C(C)OCCOC. The predicted octanol–water partition coefficient (Wildman–Crippen LogP) is 2.40. The molecule has 1 aromatic carbocycles. The molecule has 0 aliphatic carbocycles. The molecule has 0 spiro atoms. The number of ether oxygens (including phenoxy) is 3. The fraction of sp³-hybridized carbons (Fsp3) is 0.600. The molecule has 0 saturated carbocycles. The van der Waals surface area contributed by atoms with Gasteiger partial charge in [0.05, 0.1) is 32.5 Å². The average molecular weight is 267 g/mol. The highest BCUT2D eigenvalue weighted by atomic mass is 16.5. The second-order valence-corrected chi connectivity index (χ2v) is 4.38. The Morgan fingerprint density at radius 2 is 1.79 bits per heavy atom. The van der Waals surface area contributed by atoms with Gasteiger partial charge in [-0.3, -0.25) is 0 Å². The summed E-state index contributed by atoms with van der Waals surface area (Å²) in [5.41, 5.74) is 1.20. The van der Waals surface area contributed by atoms with Gasteiger partial charge in [-0.25, -0.2) is 0 Å². The summed E-state index contributed by atoms with van der Waals surface area (Å²) in [6.07, 6.45) is 0.0866. The summed E-state index contributed by atoms with van der Waals surface area (Å²) >= 11 is 0. The van der Waals surface area contributed by atoms with E-state index in [4.69, 9.17) is 14.2 Å². The zero-order valence-corrected chi connectivity index (χ0v) is 12.3. The molecular formula is C15H25NO3. The molecule has 0 fully saturated rings. The highest BCUT2D eigenvalue weighted by Crippen LogP contribution is 2.22. The van der Waals surface area contributed by atoms with Crippen molar-refractivity contribution in [2.24, 2.45) is 0 Å². The number of rotatable bonds is 9. The molecule has 0 aromatic heterocycles. The minimum Gasteiger partial charge on any atom is -0.497 e.